The monoisotopic (exact) mass is 695 g/mol. The van der Waals surface area contributed by atoms with Gasteiger partial charge in [-0.05, 0) is 123 Å². The molecule has 51 heavy (non-hydrogen) atoms. The Bertz CT molecular complexity index is 1910. The number of aliphatic carboxylic acids is 1. The van der Waals surface area contributed by atoms with E-state index < -0.39 is 5.97 Å². The number of carboxylic acid groups (broad SMARTS) is 1. The van der Waals surface area contributed by atoms with Gasteiger partial charge in [0.1, 0.15) is 17.9 Å². The maximum absolute atomic E-state index is 13.2. The van der Waals surface area contributed by atoms with E-state index in [0.29, 0.717) is 6.42 Å². The van der Waals surface area contributed by atoms with Crippen molar-refractivity contribution in [3.8, 4) is 11.4 Å². The van der Waals surface area contributed by atoms with E-state index in [2.05, 4.69) is 36.2 Å². The van der Waals surface area contributed by atoms with Crippen LogP contribution in [0.15, 0.2) is 72.1 Å². The normalized spacial score (nSPS) is 23.8. The van der Waals surface area contributed by atoms with Gasteiger partial charge in [-0.15, -0.1) is 0 Å². The zero-order valence-electron chi connectivity index (χ0n) is 27.2. The SMILES string of the molecule is C.C.C.C[C@]12Cc3cnn(-c4ccc(F)cc4)c3C=C1CCC[C@@H]2C(=O)O.C[C@]12Cc3cnn(-c4ccc(F)cc4)c3C=C1CCC[C@@H]2C=O.[B]. The first kappa shape index (κ1) is 40.8. The summed E-state index contributed by atoms with van der Waals surface area (Å²) in [5.74, 6) is -1.49. The largest absolute Gasteiger partial charge is 0.481 e. The molecular weight excluding hydrogens is 645 g/mol. The Balaban J connectivity index is 0.000000256. The van der Waals surface area contributed by atoms with Crippen LogP contribution in [0.3, 0.4) is 0 Å². The molecule has 10 heteroatoms. The van der Waals surface area contributed by atoms with E-state index in [4.69, 9.17) is 0 Å². The van der Waals surface area contributed by atoms with Crippen molar-refractivity contribution in [1.82, 2.24) is 19.6 Å². The molecule has 2 aromatic heterocycles. The highest BCUT2D eigenvalue weighted by Crippen LogP contribution is 2.52. The lowest BCUT2D eigenvalue weighted by Gasteiger charge is -2.43. The second kappa shape index (κ2) is 15.7. The van der Waals surface area contributed by atoms with Gasteiger partial charge in [-0.25, -0.2) is 18.1 Å². The number of halogens is 2. The number of nitrogens with zero attached hydrogens (tertiary/aromatic N) is 4. The Kier molecular flexibility index (Phi) is 12.6. The number of rotatable bonds is 4. The molecule has 4 atom stereocenters. The maximum atomic E-state index is 13.2. The molecule has 1 N–H and O–H groups in total. The molecule has 7 nitrogen and oxygen atoms in total. The Hall–Kier alpha value is -4.60. The molecule has 2 aromatic carbocycles. The summed E-state index contributed by atoms with van der Waals surface area (Å²) in [6, 6.07) is 12.6. The first-order valence-electron chi connectivity index (χ1n) is 16.4. The van der Waals surface area contributed by atoms with E-state index in [1.807, 2.05) is 21.8 Å². The van der Waals surface area contributed by atoms with Gasteiger partial charge in [0, 0.05) is 25.2 Å². The zero-order valence-corrected chi connectivity index (χ0v) is 27.2. The molecule has 8 rings (SSSR count). The van der Waals surface area contributed by atoms with Gasteiger partial charge >= 0.3 is 5.97 Å². The van der Waals surface area contributed by atoms with E-state index in [-0.39, 0.29) is 65.0 Å². The van der Waals surface area contributed by atoms with Gasteiger partial charge < -0.3 is 9.90 Å². The fourth-order valence-corrected chi connectivity index (χ4v) is 8.31. The summed E-state index contributed by atoms with van der Waals surface area (Å²) in [6.45, 7) is 4.27. The Morgan fingerprint density at radius 3 is 1.65 bits per heavy atom. The lowest BCUT2D eigenvalue weighted by molar-refractivity contribution is -0.146. The summed E-state index contributed by atoms with van der Waals surface area (Å²) in [5, 5.41) is 18.6. The third-order valence-corrected chi connectivity index (χ3v) is 11.1. The summed E-state index contributed by atoms with van der Waals surface area (Å²) in [6.07, 6.45) is 16.3. The number of aldehydes is 1. The van der Waals surface area contributed by atoms with Crippen molar-refractivity contribution in [2.24, 2.45) is 22.7 Å². The van der Waals surface area contributed by atoms with Gasteiger partial charge in [-0.2, -0.15) is 10.2 Å². The summed E-state index contributed by atoms with van der Waals surface area (Å²) < 4.78 is 30.0. The van der Waals surface area contributed by atoms with Gasteiger partial charge in [0.05, 0.1) is 41.1 Å². The van der Waals surface area contributed by atoms with Crippen LogP contribution in [-0.2, 0) is 22.4 Å². The lowest BCUT2D eigenvalue weighted by Crippen LogP contribution is -2.41. The average molecular weight is 696 g/mol. The van der Waals surface area contributed by atoms with Crippen molar-refractivity contribution in [2.75, 3.05) is 0 Å². The number of hydrogen-bond acceptors (Lipinski definition) is 4. The molecule has 3 radical (unpaired) electrons. The van der Waals surface area contributed by atoms with E-state index >= 15 is 0 Å². The number of benzene rings is 2. The molecule has 2 heterocycles. The minimum Gasteiger partial charge on any atom is -0.481 e. The Morgan fingerprint density at radius 2 is 1.20 bits per heavy atom. The van der Waals surface area contributed by atoms with Crippen molar-refractivity contribution in [3.63, 3.8) is 0 Å². The molecule has 2 fully saturated rings. The summed E-state index contributed by atoms with van der Waals surface area (Å²) in [7, 11) is 0. The first-order chi connectivity index (χ1) is 22.6. The number of hydrogen-bond donors (Lipinski definition) is 1. The minimum atomic E-state index is -0.711. The van der Waals surface area contributed by atoms with Crippen molar-refractivity contribution in [2.45, 2.75) is 87.5 Å². The number of allylic oxidation sites excluding steroid dienone is 2. The van der Waals surface area contributed by atoms with Gasteiger partial charge in [-0.1, -0.05) is 47.3 Å². The molecule has 4 aliphatic carbocycles. The van der Waals surface area contributed by atoms with Crippen molar-refractivity contribution in [1.29, 1.82) is 0 Å². The number of carboxylic acids is 1. The summed E-state index contributed by atoms with van der Waals surface area (Å²) >= 11 is 0. The van der Waals surface area contributed by atoms with Crippen LogP contribution in [0.25, 0.3) is 23.5 Å². The summed E-state index contributed by atoms with van der Waals surface area (Å²) in [4.78, 5) is 23.2. The molecule has 0 amide bonds. The maximum Gasteiger partial charge on any atom is 0.307 e. The topological polar surface area (TPSA) is 90.0 Å². The number of fused-ring (bicyclic) bond motifs is 4. The minimum absolute atomic E-state index is 0. The smallest absolute Gasteiger partial charge is 0.307 e. The van der Waals surface area contributed by atoms with Crippen LogP contribution in [0.1, 0.15) is 97.2 Å². The summed E-state index contributed by atoms with van der Waals surface area (Å²) in [5.41, 5.74) is 8.05. The molecule has 0 spiro atoms. The van der Waals surface area contributed by atoms with Crippen LogP contribution in [-0.4, -0.2) is 45.3 Å². The fraction of sp³-hybridized carbons (Fsp3) is 0.415. The van der Waals surface area contributed by atoms with Crippen LogP contribution in [0.5, 0.6) is 0 Å². The van der Waals surface area contributed by atoms with E-state index in [1.165, 1.54) is 35.4 Å². The van der Waals surface area contributed by atoms with Crippen molar-refractivity contribution in [3.05, 3.63) is 106 Å². The van der Waals surface area contributed by atoms with Crippen LogP contribution < -0.4 is 0 Å². The van der Waals surface area contributed by atoms with Crippen LogP contribution >= 0.6 is 0 Å². The van der Waals surface area contributed by atoms with E-state index in [9.17, 15) is 23.5 Å². The molecule has 269 valence electrons. The predicted octanol–water partition coefficient (Wildman–Crippen LogP) is 9.33. The van der Waals surface area contributed by atoms with E-state index in [0.717, 1.165) is 85.1 Å². The van der Waals surface area contributed by atoms with Crippen molar-refractivity contribution < 1.29 is 23.5 Å². The van der Waals surface area contributed by atoms with Crippen molar-refractivity contribution >= 4 is 32.8 Å². The molecular formula is C41H50BF2N4O3. The van der Waals surface area contributed by atoms with Gasteiger partial charge in [0.25, 0.3) is 0 Å². The number of carbonyl (C=O) groups excluding carboxylic acids is 1. The fourth-order valence-electron chi connectivity index (χ4n) is 8.31. The average Bonchev–Trinajstić information content (AvgIpc) is 3.65. The van der Waals surface area contributed by atoms with Crippen LogP contribution in [0.2, 0.25) is 0 Å². The van der Waals surface area contributed by atoms with Crippen LogP contribution in [0, 0.1) is 34.3 Å². The predicted molar refractivity (Wildman–Crippen MR) is 201 cm³/mol. The van der Waals surface area contributed by atoms with Crippen LogP contribution in [0.4, 0.5) is 8.78 Å². The number of carbonyl (C=O) groups is 2. The van der Waals surface area contributed by atoms with E-state index in [1.54, 1.807) is 24.3 Å². The highest BCUT2D eigenvalue weighted by Gasteiger charge is 2.47. The first-order valence-corrected chi connectivity index (χ1v) is 16.4. The number of aromatic nitrogens is 4. The third kappa shape index (κ3) is 7.15. The highest BCUT2D eigenvalue weighted by molar-refractivity contribution is 5.76. The third-order valence-electron chi connectivity index (χ3n) is 11.1. The Labute approximate surface area is 303 Å². The Morgan fingerprint density at radius 1 is 0.765 bits per heavy atom. The zero-order chi connectivity index (χ0) is 32.9. The molecule has 0 bridgehead atoms. The van der Waals surface area contributed by atoms with Gasteiger partial charge in [0.15, 0.2) is 0 Å². The standard InChI is InChI=1S/C19H19FN2O2.C19H19FN2O.3CH4.B/c1-19-10-12-11-21-22(15-7-5-14(20)6-8-15)17(12)9-13(19)3-2-4-16(19)18(23)24;1-19-10-13-11-21-22(17-7-5-16(20)6-8-17)18(13)9-14(19)3-2-4-15(19)12-23;;;;/h5-9,11,16H,2-4,10H2,1H3,(H,23,24);5-9,11-12,15H,2-4,10H2,1H3;3*1H4;/t16-,19+;15-,19+;;;;/m11..../s1. The van der Waals surface area contributed by atoms with Gasteiger partial charge in [-0.3, -0.25) is 4.79 Å². The second-order valence-corrected chi connectivity index (χ2v) is 13.8. The molecule has 4 aromatic rings. The van der Waals surface area contributed by atoms with Gasteiger partial charge in [0.2, 0.25) is 0 Å². The molecule has 0 aliphatic heterocycles. The highest BCUT2D eigenvalue weighted by atomic mass is 19.1. The molecule has 4 aliphatic rings. The molecule has 0 saturated heterocycles. The molecule has 0 unspecified atom stereocenters. The second-order valence-electron chi connectivity index (χ2n) is 13.8. The quantitative estimate of drug-likeness (QED) is 0.170. The molecule has 2 saturated carbocycles. The lowest BCUT2D eigenvalue weighted by atomic mass is 9.60.